The summed E-state index contributed by atoms with van der Waals surface area (Å²) in [6.45, 7) is 0.151. The minimum Gasteiger partial charge on any atom is -0.450 e. The number of aromatic nitrogens is 2. The molecule has 0 spiro atoms. The van der Waals surface area contributed by atoms with Gasteiger partial charge in [0.1, 0.15) is 0 Å². The van der Waals surface area contributed by atoms with Crippen LogP contribution in [0.25, 0.3) is 0 Å². The molecule has 0 saturated carbocycles. The Morgan fingerprint density at radius 1 is 1.67 bits per heavy atom. The minimum absolute atomic E-state index is 0. The van der Waals surface area contributed by atoms with Gasteiger partial charge in [-0.25, -0.2) is 0 Å². The Labute approximate surface area is 67.2 Å². The summed E-state index contributed by atoms with van der Waals surface area (Å²) < 4.78 is 0. The summed E-state index contributed by atoms with van der Waals surface area (Å²) in [6, 6.07) is 0. The molecular formula is C5H7N2OPd-. The topological polar surface area (TPSA) is 47.2 Å². The Morgan fingerprint density at radius 3 is 2.89 bits per heavy atom. The molecule has 1 aromatic rings. The normalized spacial score (nSPS) is 8.56. The molecule has 1 N–H and O–H groups in total. The Hall–Kier alpha value is -0.168. The Morgan fingerprint density at radius 2 is 2.44 bits per heavy atom. The summed E-state index contributed by atoms with van der Waals surface area (Å²) in [4.78, 5) is 7.55. The minimum atomic E-state index is 0. The predicted octanol–water partition coefficient (Wildman–Crippen LogP) is -0.429. The van der Waals surface area contributed by atoms with Crippen molar-refractivity contribution in [3.8, 4) is 0 Å². The molecule has 0 radical (unpaired) electrons. The molecule has 0 aliphatic heterocycles. The fraction of sp³-hybridized carbons (Fsp3) is 0.400. The van der Waals surface area contributed by atoms with E-state index < -0.39 is 0 Å². The summed E-state index contributed by atoms with van der Waals surface area (Å²) in [5.74, 6) is 0. The van der Waals surface area contributed by atoms with E-state index in [1.807, 2.05) is 0 Å². The zero-order valence-corrected chi connectivity index (χ0v) is 6.28. The number of hydrogen-bond donors (Lipinski definition) is 1. The summed E-state index contributed by atoms with van der Waals surface area (Å²) >= 11 is 0. The van der Waals surface area contributed by atoms with Gasteiger partial charge in [-0.2, -0.15) is 0 Å². The van der Waals surface area contributed by atoms with Gasteiger partial charge in [-0.15, -0.1) is 0 Å². The molecule has 0 amide bonds. The molecule has 0 aliphatic rings. The molecule has 1 rings (SSSR count). The maximum Gasteiger partial charge on any atom is 0.0467 e. The summed E-state index contributed by atoms with van der Waals surface area (Å²) in [5, 5.41) is 8.37. The van der Waals surface area contributed by atoms with Crippen molar-refractivity contribution in [2.24, 2.45) is 0 Å². The molecule has 0 aromatic carbocycles. The summed E-state index contributed by atoms with van der Waals surface area (Å²) in [7, 11) is 0. The van der Waals surface area contributed by atoms with Gasteiger partial charge in [0.2, 0.25) is 0 Å². The zero-order chi connectivity index (χ0) is 5.82. The van der Waals surface area contributed by atoms with E-state index in [4.69, 9.17) is 5.11 Å². The van der Waals surface area contributed by atoms with Crippen molar-refractivity contribution in [2.75, 3.05) is 6.61 Å². The number of aliphatic hydroxyl groups is 1. The van der Waals surface area contributed by atoms with E-state index >= 15 is 0 Å². The quantitative estimate of drug-likeness (QED) is 0.684. The smallest absolute Gasteiger partial charge is 0.0467 e. The van der Waals surface area contributed by atoms with Crippen LogP contribution in [-0.4, -0.2) is 16.7 Å². The van der Waals surface area contributed by atoms with Crippen LogP contribution in [0.4, 0.5) is 0 Å². The first-order valence-corrected chi connectivity index (χ1v) is 2.46. The second kappa shape index (κ2) is 4.69. The van der Waals surface area contributed by atoms with Crippen LogP contribution in [0.3, 0.4) is 0 Å². The molecule has 4 heteroatoms. The van der Waals surface area contributed by atoms with Crippen LogP contribution in [0.15, 0.2) is 12.5 Å². The first-order valence-electron chi connectivity index (χ1n) is 2.46. The van der Waals surface area contributed by atoms with Crippen LogP contribution >= 0.6 is 0 Å². The van der Waals surface area contributed by atoms with E-state index in [1.54, 1.807) is 6.20 Å². The molecule has 0 fully saturated rings. The van der Waals surface area contributed by atoms with E-state index in [1.165, 1.54) is 6.33 Å². The predicted molar refractivity (Wildman–Crippen MR) is 28.3 cm³/mol. The third kappa shape index (κ3) is 2.76. The number of nitrogens with zero attached hydrogens (tertiary/aromatic N) is 2. The molecule has 0 atom stereocenters. The SMILES string of the molecule is OCCc1cnc[n-]1.[Pd]. The van der Waals surface area contributed by atoms with Gasteiger partial charge in [0, 0.05) is 27.0 Å². The van der Waals surface area contributed by atoms with E-state index in [9.17, 15) is 0 Å². The molecule has 0 saturated heterocycles. The summed E-state index contributed by atoms with van der Waals surface area (Å²) in [5.41, 5.74) is 0.854. The third-order valence-electron chi connectivity index (χ3n) is 0.882. The maximum atomic E-state index is 8.37. The number of aliphatic hydroxyl groups excluding tert-OH is 1. The van der Waals surface area contributed by atoms with E-state index in [0.29, 0.717) is 6.42 Å². The van der Waals surface area contributed by atoms with E-state index in [-0.39, 0.29) is 27.0 Å². The van der Waals surface area contributed by atoms with Crippen molar-refractivity contribution < 1.29 is 25.5 Å². The zero-order valence-electron chi connectivity index (χ0n) is 4.73. The second-order valence-corrected chi connectivity index (χ2v) is 1.49. The molecule has 0 bridgehead atoms. The number of imidazole rings is 1. The van der Waals surface area contributed by atoms with Crippen molar-refractivity contribution >= 4 is 0 Å². The molecule has 3 nitrogen and oxygen atoms in total. The Bertz CT molecular complexity index is 141. The van der Waals surface area contributed by atoms with Crippen molar-refractivity contribution in [3.05, 3.63) is 18.2 Å². The van der Waals surface area contributed by atoms with Crippen LogP contribution in [0, 0.1) is 0 Å². The Kier molecular flexibility index (Phi) is 4.60. The number of hydrogen-bond acceptors (Lipinski definition) is 2. The molecular weight excluding hydrogens is 210 g/mol. The van der Waals surface area contributed by atoms with Crippen molar-refractivity contribution in [2.45, 2.75) is 6.42 Å². The number of rotatable bonds is 2. The standard InChI is InChI=1S/C5H7N2O.Pd/c8-2-1-5-3-6-4-7-5;/h3-4,8H,1-2H2;/q-1;. The van der Waals surface area contributed by atoms with Crippen molar-refractivity contribution in [3.63, 3.8) is 0 Å². The average Bonchev–Trinajstić information content (AvgIpc) is 2.19. The largest absolute Gasteiger partial charge is 0.450 e. The van der Waals surface area contributed by atoms with Crippen LogP contribution < -0.4 is 4.98 Å². The third-order valence-corrected chi connectivity index (χ3v) is 0.882. The monoisotopic (exact) mass is 217 g/mol. The van der Waals surface area contributed by atoms with Gasteiger partial charge in [0.25, 0.3) is 0 Å². The van der Waals surface area contributed by atoms with E-state index in [0.717, 1.165) is 5.69 Å². The second-order valence-electron chi connectivity index (χ2n) is 1.49. The van der Waals surface area contributed by atoms with Gasteiger partial charge in [0.05, 0.1) is 0 Å². The maximum absolute atomic E-state index is 8.37. The Balaban J connectivity index is 0.000000640. The van der Waals surface area contributed by atoms with Gasteiger partial charge in [-0.3, -0.25) is 0 Å². The van der Waals surface area contributed by atoms with Crippen LogP contribution in [0.5, 0.6) is 0 Å². The molecule has 1 heterocycles. The first-order chi connectivity index (χ1) is 3.93. The molecule has 0 aliphatic carbocycles. The molecule has 54 valence electrons. The van der Waals surface area contributed by atoms with Gasteiger partial charge >= 0.3 is 0 Å². The van der Waals surface area contributed by atoms with Gasteiger partial charge in [-0.05, 0) is 6.42 Å². The summed E-state index contributed by atoms with van der Waals surface area (Å²) in [6.07, 6.45) is 3.74. The molecule has 9 heavy (non-hydrogen) atoms. The molecule has 1 aromatic heterocycles. The van der Waals surface area contributed by atoms with Crippen LogP contribution in [0.1, 0.15) is 5.69 Å². The van der Waals surface area contributed by atoms with Crippen molar-refractivity contribution in [1.29, 1.82) is 0 Å². The average molecular weight is 218 g/mol. The van der Waals surface area contributed by atoms with Gasteiger partial charge in [0.15, 0.2) is 0 Å². The fourth-order valence-electron chi connectivity index (χ4n) is 0.504. The van der Waals surface area contributed by atoms with Crippen LogP contribution in [0.2, 0.25) is 0 Å². The fourth-order valence-corrected chi connectivity index (χ4v) is 0.504. The van der Waals surface area contributed by atoms with Gasteiger partial charge < -0.3 is 15.1 Å². The van der Waals surface area contributed by atoms with Gasteiger partial charge in [-0.1, -0.05) is 18.2 Å². The van der Waals surface area contributed by atoms with E-state index in [2.05, 4.69) is 9.97 Å². The van der Waals surface area contributed by atoms with Crippen molar-refractivity contribution in [1.82, 2.24) is 9.97 Å². The molecule has 0 unspecified atom stereocenters. The first kappa shape index (κ1) is 8.83. The van der Waals surface area contributed by atoms with Crippen LogP contribution in [-0.2, 0) is 26.8 Å².